The predicted octanol–water partition coefficient (Wildman–Crippen LogP) is 3.35. The van der Waals surface area contributed by atoms with Gasteiger partial charge in [0.2, 0.25) is 5.91 Å². The summed E-state index contributed by atoms with van der Waals surface area (Å²) in [4.78, 5) is 16.1. The number of amides is 1. The molecule has 0 aliphatic carbocycles. The molecule has 0 aromatic heterocycles. The van der Waals surface area contributed by atoms with E-state index in [1.807, 2.05) is 40.1 Å². The van der Waals surface area contributed by atoms with Crippen LogP contribution in [0.1, 0.15) is 0 Å². The zero-order valence-corrected chi connectivity index (χ0v) is 14.8. The SMILES string of the molecule is O=C(CNc1ccc(Br)cc1)N1CCN(c2ccccc2F)CC1. The number of rotatable bonds is 4. The first kappa shape index (κ1) is 16.8. The van der Waals surface area contributed by atoms with Gasteiger partial charge in [-0.1, -0.05) is 28.1 Å². The smallest absolute Gasteiger partial charge is 0.241 e. The van der Waals surface area contributed by atoms with E-state index in [2.05, 4.69) is 21.2 Å². The van der Waals surface area contributed by atoms with Crippen molar-refractivity contribution in [1.82, 2.24) is 4.90 Å². The maximum Gasteiger partial charge on any atom is 0.241 e. The van der Waals surface area contributed by atoms with Crippen LogP contribution in [0.2, 0.25) is 0 Å². The average Bonchev–Trinajstić information content (AvgIpc) is 2.61. The average molecular weight is 392 g/mol. The van der Waals surface area contributed by atoms with Gasteiger partial charge in [-0.25, -0.2) is 4.39 Å². The van der Waals surface area contributed by atoms with Crippen LogP contribution >= 0.6 is 15.9 Å². The van der Waals surface area contributed by atoms with Crippen LogP contribution in [-0.4, -0.2) is 43.5 Å². The number of hydrogen-bond donors (Lipinski definition) is 1. The molecule has 24 heavy (non-hydrogen) atoms. The third-order valence-corrected chi connectivity index (χ3v) is 4.64. The summed E-state index contributed by atoms with van der Waals surface area (Å²) < 4.78 is 14.8. The van der Waals surface area contributed by atoms with Crippen LogP contribution in [0.4, 0.5) is 15.8 Å². The van der Waals surface area contributed by atoms with Crippen LogP contribution in [0.3, 0.4) is 0 Å². The number of carbonyl (C=O) groups is 1. The molecule has 3 rings (SSSR count). The Bertz CT molecular complexity index is 700. The highest BCUT2D eigenvalue weighted by molar-refractivity contribution is 9.10. The standard InChI is InChI=1S/C18H19BrFN3O/c19-14-5-7-15(8-6-14)21-13-18(24)23-11-9-22(10-12-23)17-4-2-1-3-16(17)20/h1-8,21H,9-13H2. The molecule has 2 aromatic carbocycles. The van der Waals surface area contributed by atoms with Gasteiger partial charge in [-0.05, 0) is 36.4 Å². The van der Waals surface area contributed by atoms with Gasteiger partial charge >= 0.3 is 0 Å². The number of carbonyl (C=O) groups excluding carboxylic acids is 1. The highest BCUT2D eigenvalue weighted by Crippen LogP contribution is 2.20. The fourth-order valence-corrected chi connectivity index (χ4v) is 3.03. The zero-order chi connectivity index (χ0) is 16.9. The number of piperazine rings is 1. The Balaban J connectivity index is 1.50. The van der Waals surface area contributed by atoms with Crippen molar-refractivity contribution in [3.63, 3.8) is 0 Å². The summed E-state index contributed by atoms with van der Waals surface area (Å²) >= 11 is 3.38. The Morgan fingerprint density at radius 2 is 1.71 bits per heavy atom. The lowest BCUT2D eigenvalue weighted by atomic mass is 10.2. The van der Waals surface area contributed by atoms with Crippen molar-refractivity contribution in [1.29, 1.82) is 0 Å². The molecule has 0 saturated carbocycles. The molecular formula is C18H19BrFN3O. The van der Waals surface area contributed by atoms with Gasteiger partial charge < -0.3 is 15.1 Å². The molecular weight excluding hydrogens is 373 g/mol. The van der Waals surface area contributed by atoms with Gasteiger partial charge in [0, 0.05) is 36.3 Å². The van der Waals surface area contributed by atoms with Gasteiger partial charge in [0.1, 0.15) is 5.82 Å². The first-order valence-corrected chi connectivity index (χ1v) is 8.69. The van der Waals surface area contributed by atoms with Crippen LogP contribution in [0.15, 0.2) is 53.0 Å². The van der Waals surface area contributed by atoms with E-state index in [1.54, 1.807) is 12.1 Å². The lowest BCUT2D eigenvalue weighted by Gasteiger charge is -2.36. The minimum absolute atomic E-state index is 0.0612. The Morgan fingerprint density at radius 1 is 1.04 bits per heavy atom. The summed E-state index contributed by atoms with van der Waals surface area (Å²) in [6, 6.07) is 14.5. The molecule has 1 aliphatic heterocycles. The largest absolute Gasteiger partial charge is 0.376 e. The molecule has 0 radical (unpaired) electrons. The van der Waals surface area contributed by atoms with Crippen molar-refractivity contribution < 1.29 is 9.18 Å². The number of nitrogens with zero attached hydrogens (tertiary/aromatic N) is 2. The number of halogens is 2. The number of anilines is 2. The normalized spacial score (nSPS) is 14.6. The second-order valence-electron chi connectivity index (χ2n) is 5.68. The molecule has 0 spiro atoms. The maximum atomic E-state index is 13.8. The van der Waals surface area contributed by atoms with Crippen LogP contribution in [0.5, 0.6) is 0 Å². The first-order chi connectivity index (χ1) is 11.6. The fraction of sp³-hybridized carbons (Fsp3) is 0.278. The van der Waals surface area contributed by atoms with Crippen LogP contribution in [0.25, 0.3) is 0 Å². The summed E-state index contributed by atoms with van der Waals surface area (Å²) in [5, 5.41) is 3.14. The first-order valence-electron chi connectivity index (χ1n) is 7.90. The van der Waals surface area contributed by atoms with Crippen LogP contribution in [-0.2, 0) is 4.79 Å². The Morgan fingerprint density at radius 3 is 2.38 bits per heavy atom. The van der Waals surface area contributed by atoms with Crippen molar-refractivity contribution in [3.05, 3.63) is 58.8 Å². The van der Waals surface area contributed by atoms with Crippen LogP contribution in [0, 0.1) is 5.82 Å². The second kappa shape index (κ2) is 7.66. The third kappa shape index (κ3) is 4.06. The number of nitrogens with one attached hydrogen (secondary N) is 1. The van der Waals surface area contributed by atoms with Crippen molar-refractivity contribution in [2.75, 3.05) is 42.9 Å². The Labute approximate surface area is 149 Å². The fourth-order valence-electron chi connectivity index (χ4n) is 2.76. The lowest BCUT2D eigenvalue weighted by molar-refractivity contribution is -0.129. The molecule has 0 unspecified atom stereocenters. The molecule has 2 aromatic rings. The predicted molar refractivity (Wildman–Crippen MR) is 97.8 cm³/mol. The molecule has 6 heteroatoms. The van der Waals surface area contributed by atoms with Gasteiger partial charge in [0.05, 0.1) is 12.2 Å². The van der Waals surface area contributed by atoms with E-state index in [-0.39, 0.29) is 18.3 Å². The van der Waals surface area contributed by atoms with E-state index < -0.39 is 0 Å². The molecule has 1 N–H and O–H groups in total. The molecule has 1 saturated heterocycles. The van der Waals surface area contributed by atoms with Gasteiger partial charge in [-0.15, -0.1) is 0 Å². The molecule has 0 bridgehead atoms. The van der Waals surface area contributed by atoms with Gasteiger partial charge in [-0.3, -0.25) is 4.79 Å². The van der Waals surface area contributed by atoms with Crippen LogP contribution < -0.4 is 10.2 Å². The van der Waals surface area contributed by atoms with E-state index in [4.69, 9.17) is 0 Å². The minimum atomic E-state index is -0.214. The Kier molecular flexibility index (Phi) is 5.35. The number of hydrogen-bond acceptors (Lipinski definition) is 3. The minimum Gasteiger partial charge on any atom is -0.376 e. The van der Waals surface area contributed by atoms with Crippen molar-refractivity contribution in [2.24, 2.45) is 0 Å². The van der Waals surface area contributed by atoms with E-state index in [9.17, 15) is 9.18 Å². The molecule has 4 nitrogen and oxygen atoms in total. The molecule has 1 amide bonds. The van der Waals surface area contributed by atoms with Crippen molar-refractivity contribution in [3.8, 4) is 0 Å². The van der Waals surface area contributed by atoms with E-state index in [1.165, 1.54) is 6.07 Å². The molecule has 1 fully saturated rings. The topological polar surface area (TPSA) is 35.6 Å². The molecule has 1 heterocycles. The lowest BCUT2D eigenvalue weighted by Crippen LogP contribution is -2.50. The van der Waals surface area contributed by atoms with E-state index >= 15 is 0 Å². The van der Waals surface area contributed by atoms with E-state index in [0.29, 0.717) is 31.9 Å². The number of para-hydroxylation sites is 1. The Hall–Kier alpha value is -2.08. The summed E-state index contributed by atoms with van der Waals surface area (Å²) in [5.41, 5.74) is 1.52. The summed E-state index contributed by atoms with van der Waals surface area (Å²) in [6.45, 7) is 2.77. The van der Waals surface area contributed by atoms with Gasteiger partial charge in [0.15, 0.2) is 0 Å². The maximum absolute atomic E-state index is 13.8. The summed E-state index contributed by atoms with van der Waals surface area (Å²) in [5.74, 6) is -0.153. The summed E-state index contributed by atoms with van der Waals surface area (Å²) in [7, 11) is 0. The highest BCUT2D eigenvalue weighted by Gasteiger charge is 2.22. The number of benzene rings is 2. The van der Waals surface area contributed by atoms with E-state index in [0.717, 1.165) is 10.2 Å². The molecule has 0 atom stereocenters. The van der Waals surface area contributed by atoms with Gasteiger partial charge in [0.25, 0.3) is 0 Å². The molecule has 126 valence electrons. The van der Waals surface area contributed by atoms with Gasteiger partial charge in [-0.2, -0.15) is 0 Å². The summed E-state index contributed by atoms with van der Waals surface area (Å²) in [6.07, 6.45) is 0. The van der Waals surface area contributed by atoms with Crippen molar-refractivity contribution in [2.45, 2.75) is 0 Å². The zero-order valence-electron chi connectivity index (χ0n) is 13.2. The third-order valence-electron chi connectivity index (χ3n) is 4.11. The second-order valence-corrected chi connectivity index (χ2v) is 6.60. The monoisotopic (exact) mass is 391 g/mol. The molecule has 1 aliphatic rings. The van der Waals surface area contributed by atoms with Crippen molar-refractivity contribution >= 4 is 33.2 Å². The quantitative estimate of drug-likeness (QED) is 0.867. The highest BCUT2D eigenvalue weighted by atomic mass is 79.9.